The normalized spacial score (nSPS) is 19.5. The summed E-state index contributed by atoms with van der Waals surface area (Å²) in [7, 11) is 0. The van der Waals surface area contributed by atoms with Crippen molar-refractivity contribution in [3.63, 3.8) is 0 Å². The second-order valence-corrected chi connectivity index (χ2v) is 14.4. The molecule has 0 aliphatic carbocycles. The Balaban J connectivity index is 1.32. The molecule has 0 amide bonds. The SMILES string of the molecule is O=c1ccn([C@@H]2O[C@H](COC(c3ccccc3)(c3ccccc3)c3ccccc3)[C@](O)(CCO)[C@H]2OC(c2ccccc2)(c2ccccc2)c2ccccc2)c(=O)[nH]1. The van der Waals surface area contributed by atoms with Crippen LogP contribution in [0, 0.1) is 0 Å². The number of aliphatic hydroxyl groups is 2. The number of H-pyrrole nitrogens is 1. The molecule has 0 radical (unpaired) electrons. The molecule has 9 heteroatoms. The number of hydrogen-bond acceptors (Lipinski definition) is 7. The smallest absolute Gasteiger partial charge is 0.330 e. The van der Waals surface area contributed by atoms with E-state index >= 15 is 0 Å². The van der Waals surface area contributed by atoms with E-state index in [-0.39, 0.29) is 13.0 Å². The zero-order valence-corrected chi connectivity index (χ0v) is 31.7. The molecule has 7 aromatic rings. The van der Waals surface area contributed by atoms with Crippen LogP contribution < -0.4 is 11.2 Å². The van der Waals surface area contributed by atoms with Crippen LogP contribution in [-0.2, 0) is 25.4 Å². The summed E-state index contributed by atoms with van der Waals surface area (Å²) in [6, 6.07) is 59.7. The quantitative estimate of drug-likeness (QED) is 0.103. The molecule has 1 aliphatic rings. The maximum absolute atomic E-state index is 13.7. The number of nitrogens with one attached hydrogen (secondary N) is 1. The molecule has 1 aromatic heterocycles. The zero-order valence-electron chi connectivity index (χ0n) is 31.7. The predicted octanol–water partition coefficient (Wildman–Crippen LogP) is 6.93. The molecule has 292 valence electrons. The van der Waals surface area contributed by atoms with Gasteiger partial charge in [-0.05, 0) is 33.4 Å². The van der Waals surface area contributed by atoms with Crippen LogP contribution in [0.4, 0.5) is 0 Å². The van der Waals surface area contributed by atoms with Gasteiger partial charge in [0.2, 0.25) is 0 Å². The maximum Gasteiger partial charge on any atom is 0.330 e. The van der Waals surface area contributed by atoms with E-state index in [9.17, 15) is 19.8 Å². The lowest BCUT2D eigenvalue weighted by molar-refractivity contribution is -0.165. The van der Waals surface area contributed by atoms with Crippen LogP contribution >= 0.6 is 0 Å². The van der Waals surface area contributed by atoms with Gasteiger partial charge in [0.25, 0.3) is 5.56 Å². The fourth-order valence-electron chi connectivity index (χ4n) is 8.34. The Morgan fingerprint density at radius 1 is 0.586 bits per heavy atom. The predicted molar refractivity (Wildman–Crippen MR) is 221 cm³/mol. The van der Waals surface area contributed by atoms with Crippen molar-refractivity contribution >= 4 is 0 Å². The molecule has 58 heavy (non-hydrogen) atoms. The number of nitrogens with zero attached hydrogens (tertiary/aromatic N) is 1. The van der Waals surface area contributed by atoms with E-state index in [2.05, 4.69) is 4.98 Å². The molecule has 1 saturated heterocycles. The van der Waals surface area contributed by atoms with Crippen LogP contribution in [0.25, 0.3) is 0 Å². The molecular formula is C49H44N2O7. The van der Waals surface area contributed by atoms with Crippen LogP contribution in [-0.4, -0.2) is 50.8 Å². The third kappa shape index (κ3) is 7.04. The Hall–Kier alpha value is -6.20. The lowest BCUT2D eigenvalue weighted by Gasteiger charge is -2.43. The Morgan fingerprint density at radius 3 is 1.33 bits per heavy atom. The topological polar surface area (TPSA) is 123 Å². The van der Waals surface area contributed by atoms with Gasteiger partial charge in [-0.15, -0.1) is 0 Å². The Labute approximate surface area is 336 Å². The van der Waals surface area contributed by atoms with Crippen molar-refractivity contribution in [3.05, 3.63) is 248 Å². The summed E-state index contributed by atoms with van der Waals surface area (Å²) in [4.78, 5) is 28.4. The molecule has 1 fully saturated rings. The summed E-state index contributed by atoms with van der Waals surface area (Å²) in [5.41, 5.74) is -1.10. The highest BCUT2D eigenvalue weighted by Gasteiger charge is 2.60. The molecular weight excluding hydrogens is 729 g/mol. The fraction of sp³-hybridized carbons (Fsp3) is 0.184. The fourth-order valence-corrected chi connectivity index (χ4v) is 8.34. The minimum absolute atomic E-state index is 0.205. The average molecular weight is 773 g/mol. The molecule has 1 aliphatic heterocycles. The minimum atomic E-state index is -1.98. The van der Waals surface area contributed by atoms with Crippen LogP contribution in [0.15, 0.2) is 204 Å². The molecule has 9 nitrogen and oxygen atoms in total. The second-order valence-electron chi connectivity index (χ2n) is 14.4. The van der Waals surface area contributed by atoms with Crippen molar-refractivity contribution in [1.82, 2.24) is 9.55 Å². The van der Waals surface area contributed by atoms with Crippen molar-refractivity contribution < 1.29 is 24.4 Å². The Bertz CT molecular complexity index is 2310. The van der Waals surface area contributed by atoms with Gasteiger partial charge in [-0.3, -0.25) is 14.3 Å². The van der Waals surface area contributed by atoms with Crippen LogP contribution in [0.2, 0.25) is 0 Å². The average Bonchev–Trinajstić information content (AvgIpc) is 3.54. The molecule has 2 heterocycles. The number of aliphatic hydroxyl groups excluding tert-OH is 1. The number of benzene rings is 6. The minimum Gasteiger partial charge on any atom is -0.396 e. The lowest BCUT2D eigenvalue weighted by atomic mass is 9.78. The molecule has 0 unspecified atom stereocenters. The largest absolute Gasteiger partial charge is 0.396 e. The van der Waals surface area contributed by atoms with Crippen LogP contribution in [0.1, 0.15) is 46.0 Å². The first-order valence-electron chi connectivity index (χ1n) is 19.4. The highest BCUT2D eigenvalue weighted by atomic mass is 16.6. The van der Waals surface area contributed by atoms with Crippen molar-refractivity contribution in [3.8, 4) is 0 Å². The van der Waals surface area contributed by atoms with Crippen LogP contribution in [0.3, 0.4) is 0 Å². The van der Waals surface area contributed by atoms with Crippen molar-refractivity contribution in [2.75, 3.05) is 13.2 Å². The summed E-state index contributed by atoms with van der Waals surface area (Å²) in [5, 5.41) is 24.1. The van der Waals surface area contributed by atoms with E-state index in [4.69, 9.17) is 14.2 Å². The Kier molecular flexibility index (Phi) is 11.1. The third-order valence-corrected chi connectivity index (χ3v) is 11.1. The van der Waals surface area contributed by atoms with Gasteiger partial charge in [-0.2, -0.15) is 0 Å². The number of hydrogen-bond donors (Lipinski definition) is 3. The number of ether oxygens (including phenoxy) is 3. The van der Waals surface area contributed by atoms with Gasteiger partial charge in [-0.25, -0.2) is 4.79 Å². The van der Waals surface area contributed by atoms with Crippen molar-refractivity contribution in [2.45, 2.75) is 41.7 Å². The van der Waals surface area contributed by atoms with Gasteiger partial charge in [0, 0.05) is 25.3 Å². The molecule has 0 bridgehead atoms. The van der Waals surface area contributed by atoms with Gasteiger partial charge in [-0.1, -0.05) is 182 Å². The monoisotopic (exact) mass is 772 g/mol. The third-order valence-electron chi connectivity index (χ3n) is 11.1. The first-order chi connectivity index (χ1) is 28.4. The summed E-state index contributed by atoms with van der Waals surface area (Å²) < 4.78 is 22.8. The van der Waals surface area contributed by atoms with Gasteiger partial charge in [0.15, 0.2) is 6.23 Å². The van der Waals surface area contributed by atoms with Crippen molar-refractivity contribution in [2.24, 2.45) is 0 Å². The summed E-state index contributed by atoms with van der Waals surface area (Å²) >= 11 is 0. The molecule has 8 rings (SSSR count). The number of rotatable bonds is 14. The second kappa shape index (κ2) is 16.7. The zero-order chi connectivity index (χ0) is 40.0. The van der Waals surface area contributed by atoms with E-state index in [0.29, 0.717) is 0 Å². The molecule has 6 aromatic carbocycles. The molecule has 4 atom stereocenters. The lowest BCUT2D eigenvalue weighted by Crippen LogP contribution is -2.55. The van der Waals surface area contributed by atoms with Gasteiger partial charge < -0.3 is 24.4 Å². The van der Waals surface area contributed by atoms with E-state index in [0.717, 1.165) is 33.4 Å². The number of aromatic amines is 1. The maximum atomic E-state index is 13.7. The molecule has 3 N–H and O–H groups in total. The van der Waals surface area contributed by atoms with E-state index in [1.807, 2.05) is 182 Å². The summed E-state index contributed by atoms with van der Waals surface area (Å²) in [6.07, 6.45) is -2.68. The Morgan fingerprint density at radius 2 is 0.966 bits per heavy atom. The van der Waals surface area contributed by atoms with Crippen molar-refractivity contribution in [1.29, 1.82) is 0 Å². The first-order valence-corrected chi connectivity index (χ1v) is 19.4. The highest BCUT2D eigenvalue weighted by Crippen LogP contribution is 2.50. The van der Waals surface area contributed by atoms with E-state index < -0.39 is 53.1 Å². The van der Waals surface area contributed by atoms with E-state index in [1.54, 1.807) is 0 Å². The summed E-state index contributed by atoms with van der Waals surface area (Å²) in [5.74, 6) is 0. The van der Waals surface area contributed by atoms with E-state index in [1.165, 1.54) is 16.8 Å². The highest BCUT2D eigenvalue weighted by molar-refractivity contribution is 5.49. The van der Waals surface area contributed by atoms with Gasteiger partial charge in [0.05, 0.1) is 6.61 Å². The molecule has 0 saturated carbocycles. The summed E-state index contributed by atoms with van der Waals surface area (Å²) in [6.45, 7) is -0.654. The van der Waals surface area contributed by atoms with Gasteiger partial charge >= 0.3 is 5.69 Å². The number of aromatic nitrogens is 2. The standard InChI is InChI=1S/C49H44N2O7/c52-34-32-47(55)42(35-56-48(36-19-7-1-8-20-36,37-21-9-2-10-22-37)38-23-11-3-12-24-38)57-45(51-33-31-43(53)50-46(51)54)44(47)58-49(39-25-13-4-14-26-39,40-27-15-5-16-28-40)41-29-17-6-18-30-41/h1-31,33,42,44-45,52,55H,32,34-35H2,(H,50,53,54)/t42-,44+,45-,47-/m1/s1. The molecule has 0 spiro atoms. The van der Waals surface area contributed by atoms with Crippen LogP contribution in [0.5, 0.6) is 0 Å². The van der Waals surface area contributed by atoms with Gasteiger partial charge in [0.1, 0.15) is 29.0 Å². The first kappa shape index (κ1) is 38.7.